The van der Waals surface area contributed by atoms with E-state index in [4.69, 9.17) is 9.68 Å². The van der Waals surface area contributed by atoms with Crippen molar-refractivity contribution in [2.45, 2.75) is 18.9 Å². The van der Waals surface area contributed by atoms with Gasteiger partial charge in [0.2, 0.25) is 11.8 Å². The summed E-state index contributed by atoms with van der Waals surface area (Å²) in [5.74, 6) is -0.289. The Morgan fingerprint density at radius 2 is 1.78 bits per heavy atom. The van der Waals surface area contributed by atoms with Crippen LogP contribution in [0.1, 0.15) is 22.7 Å². The number of rotatable bonds is 3. The number of nitriles is 1. The van der Waals surface area contributed by atoms with Crippen molar-refractivity contribution in [3.8, 4) is 17.5 Å². The lowest BCUT2D eigenvalue weighted by atomic mass is 10.0. The lowest BCUT2D eigenvalue weighted by molar-refractivity contribution is -0.143. The van der Waals surface area contributed by atoms with E-state index in [1.807, 2.05) is 0 Å². The zero-order valence-electron chi connectivity index (χ0n) is 15.5. The number of halogens is 7. The smallest absolute Gasteiger partial charge is 0.419 e. The molecule has 0 aliphatic heterocycles. The molecular weight excluding hydrogens is 508 g/mol. The van der Waals surface area contributed by atoms with Crippen LogP contribution in [-0.2, 0) is 18.9 Å². The average molecular weight is 516 g/mol. The Hall–Kier alpha value is -3.40. The molecule has 32 heavy (non-hydrogen) atoms. The number of pyridine rings is 1. The van der Waals surface area contributed by atoms with Crippen LogP contribution in [-0.4, -0.2) is 19.7 Å². The highest BCUT2D eigenvalue weighted by Gasteiger charge is 2.40. The SMILES string of the molecule is N#Cc1ccc2c(cc(C(F)(F)F)n2Cc2nnc(-c3cncc(Br)c3)o2)c1C(F)(F)F. The van der Waals surface area contributed by atoms with E-state index >= 15 is 0 Å². The summed E-state index contributed by atoms with van der Waals surface area (Å²) in [5.41, 5.74) is -3.56. The number of nitrogens with zero attached hydrogens (tertiary/aromatic N) is 5. The van der Waals surface area contributed by atoms with Crippen molar-refractivity contribution in [1.82, 2.24) is 19.7 Å². The lowest BCUT2D eigenvalue weighted by Crippen LogP contribution is -2.14. The van der Waals surface area contributed by atoms with Crippen LogP contribution >= 0.6 is 15.9 Å². The highest BCUT2D eigenvalue weighted by molar-refractivity contribution is 9.10. The molecule has 0 saturated carbocycles. The third-order valence-electron chi connectivity index (χ3n) is 4.49. The summed E-state index contributed by atoms with van der Waals surface area (Å²) in [6, 6.07) is 5.19. The van der Waals surface area contributed by atoms with E-state index in [1.165, 1.54) is 18.5 Å². The molecule has 0 spiro atoms. The zero-order chi connectivity index (χ0) is 23.3. The second-order valence-corrected chi connectivity index (χ2v) is 7.45. The monoisotopic (exact) mass is 515 g/mol. The number of fused-ring (bicyclic) bond motifs is 1. The molecule has 0 radical (unpaired) electrons. The molecule has 0 aliphatic carbocycles. The fraction of sp³-hybridized carbons (Fsp3) is 0.158. The number of aromatic nitrogens is 4. The Morgan fingerprint density at radius 3 is 2.41 bits per heavy atom. The molecule has 3 aromatic heterocycles. The minimum atomic E-state index is -5.04. The van der Waals surface area contributed by atoms with Gasteiger partial charge in [-0.05, 0) is 40.2 Å². The fourth-order valence-electron chi connectivity index (χ4n) is 3.24. The number of hydrogen-bond donors (Lipinski definition) is 0. The molecule has 0 aliphatic rings. The van der Waals surface area contributed by atoms with E-state index in [0.717, 1.165) is 12.1 Å². The van der Waals surface area contributed by atoms with Crippen LogP contribution in [0.5, 0.6) is 0 Å². The van der Waals surface area contributed by atoms with E-state index in [2.05, 4.69) is 31.1 Å². The molecule has 4 rings (SSSR count). The standard InChI is InChI=1S/C19H8BrF6N5O/c20-11-3-10(6-28-7-11)17-30-29-15(32-17)8-31-13-2-1-9(5-27)16(19(24,25)26)12(13)4-14(31)18(21,22)23/h1-4,6-7H,8H2. The molecule has 0 bridgehead atoms. The Balaban J connectivity index is 1.87. The van der Waals surface area contributed by atoms with Crippen molar-refractivity contribution >= 4 is 26.8 Å². The van der Waals surface area contributed by atoms with Gasteiger partial charge in [0.1, 0.15) is 12.2 Å². The average Bonchev–Trinajstić information content (AvgIpc) is 3.31. The van der Waals surface area contributed by atoms with E-state index in [1.54, 1.807) is 6.07 Å². The Morgan fingerprint density at radius 1 is 1.03 bits per heavy atom. The Labute approximate surface area is 183 Å². The van der Waals surface area contributed by atoms with Crippen LogP contribution in [0.2, 0.25) is 0 Å². The summed E-state index contributed by atoms with van der Waals surface area (Å²) >= 11 is 3.21. The quantitative estimate of drug-likeness (QED) is 0.322. The molecule has 0 saturated heterocycles. The van der Waals surface area contributed by atoms with Crippen molar-refractivity contribution in [2.75, 3.05) is 0 Å². The normalized spacial score (nSPS) is 12.3. The number of alkyl halides is 6. The van der Waals surface area contributed by atoms with E-state index in [0.29, 0.717) is 20.7 Å². The van der Waals surface area contributed by atoms with Gasteiger partial charge in [0.05, 0.1) is 22.8 Å². The Kier molecular flexibility index (Phi) is 5.20. The fourth-order valence-corrected chi connectivity index (χ4v) is 3.60. The molecule has 1 aromatic carbocycles. The highest BCUT2D eigenvalue weighted by Crippen LogP contribution is 2.42. The first kappa shape index (κ1) is 21.8. The van der Waals surface area contributed by atoms with Gasteiger partial charge < -0.3 is 8.98 Å². The van der Waals surface area contributed by atoms with Gasteiger partial charge >= 0.3 is 12.4 Å². The van der Waals surface area contributed by atoms with Crippen LogP contribution in [0.15, 0.2) is 45.5 Å². The minimum Gasteiger partial charge on any atom is -0.419 e. The summed E-state index contributed by atoms with van der Waals surface area (Å²) in [6.45, 7) is -0.643. The predicted octanol–water partition coefficient (Wildman–Crippen LogP) is 5.81. The molecular formula is C19H8BrF6N5O. The predicted molar refractivity (Wildman–Crippen MR) is 101 cm³/mol. The van der Waals surface area contributed by atoms with Gasteiger partial charge in [0, 0.05) is 27.8 Å². The van der Waals surface area contributed by atoms with E-state index in [9.17, 15) is 26.3 Å². The Bertz CT molecular complexity index is 1370. The van der Waals surface area contributed by atoms with Crippen molar-refractivity contribution in [2.24, 2.45) is 0 Å². The molecule has 4 aromatic rings. The van der Waals surface area contributed by atoms with Gasteiger partial charge in [-0.25, -0.2) is 0 Å². The highest BCUT2D eigenvalue weighted by atomic mass is 79.9. The molecule has 0 fully saturated rings. The molecule has 3 heterocycles. The molecule has 0 atom stereocenters. The molecule has 0 amide bonds. The van der Waals surface area contributed by atoms with Crippen LogP contribution in [0, 0.1) is 11.3 Å². The third-order valence-corrected chi connectivity index (χ3v) is 4.93. The van der Waals surface area contributed by atoms with Crippen molar-refractivity contribution in [3.63, 3.8) is 0 Å². The zero-order valence-corrected chi connectivity index (χ0v) is 17.0. The maximum absolute atomic E-state index is 13.7. The van der Waals surface area contributed by atoms with Gasteiger partial charge in [-0.15, -0.1) is 10.2 Å². The maximum Gasteiger partial charge on any atom is 0.431 e. The van der Waals surface area contributed by atoms with Gasteiger partial charge in [0.25, 0.3) is 0 Å². The lowest BCUT2D eigenvalue weighted by Gasteiger charge is -2.12. The summed E-state index contributed by atoms with van der Waals surface area (Å²) in [7, 11) is 0. The largest absolute Gasteiger partial charge is 0.431 e. The third kappa shape index (κ3) is 3.93. The van der Waals surface area contributed by atoms with Gasteiger partial charge in [-0.3, -0.25) is 4.98 Å². The van der Waals surface area contributed by atoms with Crippen molar-refractivity contribution < 1.29 is 30.8 Å². The maximum atomic E-state index is 13.7. The molecule has 6 nitrogen and oxygen atoms in total. The second kappa shape index (κ2) is 7.63. The molecule has 0 N–H and O–H groups in total. The minimum absolute atomic E-state index is 0.0263. The van der Waals surface area contributed by atoms with Crippen LogP contribution in [0.25, 0.3) is 22.4 Å². The van der Waals surface area contributed by atoms with Crippen LogP contribution in [0.3, 0.4) is 0 Å². The molecule has 13 heteroatoms. The second-order valence-electron chi connectivity index (χ2n) is 6.54. The first-order chi connectivity index (χ1) is 15.0. The van der Waals surface area contributed by atoms with Crippen LogP contribution in [0.4, 0.5) is 26.3 Å². The molecule has 164 valence electrons. The van der Waals surface area contributed by atoms with Gasteiger partial charge in [-0.1, -0.05) is 0 Å². The summed E-state index contributed by atoms with van der Waals surface area (Å²) in [5, 5.41) is 15.8. The topological polar surface area (TPSA) is 80.5 Å². The van der Waals surface area contributed by atoms with Crippen LogP contribution < -0.4 is 0 Å². The van der Waals surface area contributed by atoms with Crippen molar-refractivity contribution in [3.05, 3.63) is 63.8 Å². The molecule has 0 unspecified atom stereocenters. The van der Waals surface area contributed by atoms with Crippen molar-refractivity contribution in [1.29, 1.82) is 5.26 Å². The van der Waals surface area contributed by atoms with Gasteiger partial charge in [-0.2, -0.15) is 31.6 Å². The summed E-state index contributed by atoms with van der Waals surface area (Å²) in [6.07, 6.45) is -7.12. The van der Waals surface area contributed by atoms with E-state index in [-0.39, 0.29) is 17.3 Å². The number of benzene rings is 1. The summed E-state index contributed by atoms with van der Waals surface area (Å²) in [4.78, 5) is 3.92. The number of hydrogen-bond acceptors (Lipinski definition) is 5. The first-order valence-corrected chi connectivity index (χ1v) is 9.42. The first-order valence-electron chi connectivity index (χ1n) is 8.63. The van der Waals surface area contributed by atoms with Gasteiger partial charge in [0.15, 0.2) is 0 Å². The summed E-state index contributed by atoms with van der Waals surface area (Å²) < 4.78 is 88.3. The van der Waals surface area contributed by atoms with E-state index < -0.39 is 41.1 Å².